The van der Waals surface area contributed by atoms with Gasteiger partial charge in [-0.3, -0.25) is 10.1 Å². The Morgan fingerprint density at radius 3 is 2.48 bits per heavy atom. The molecule has 0 unspecified atom stereocenters. The Morgan fingerprint density at radius 2 is 1.81 bits per heavy atom. The molecule has 2 N–H and O–H groups in total. The van der Waals surface area contributed by atoms with Crippen molar-refractivity contribution in [2.75, 3.05) is 19.5 Å². The maximum atomic E-state index is 12.7. The molecule has 7 nitrogen and oxygen atoms in total. The molecular weight excluding hydrogens is 348 g/mol. The highest BCUT2D eigenvalue weighted by atomic mass is 16.5. The Bertz CT molecular complexity index is 976. The van der Waals surface area contributed by atoms with Gasteiger partial charge in [0.15, 0.2) is 0 Å². The number of methoxy groups -OCH3 is 2. The van der Waals surface area contributed by atoms with E-state index in [0.717, 1.165) is 5.56 Å². The van der Waals surface area contributed by atoms with E-state index >= 15 is 0 Å². The summed E-state index contributed by atoms with van der Waals surface area (Å²) < 4.78 is 15.4. The largest absolute Gasteiger partial charge is 0.497 e. The van der Waals surface area contributed by atoms with E-state index in [-0.39, 0.29) is 5.91 Å². The van der Waals surface area contributed by atoms with Gasteiger partial charge in [-0.05, 0) is 42.8 Å². The standard InChI is InChI=1S/C20H20N2O5/c1-12-18(16-10-15(25-2)8-9-17(16)27-12)19(23)21-11-13-4-6-14(7-5-13)22-20(24)26-3/h4-10H,11H2,1-3H3,(H,21,23)(H,22,24). The molecular formula is C20H20N2O5. The minimum Gasteiger partial charge on any atom is -0.497 e. The van der Waals surface area contributed by atoms with Crippen LogP contribution in [0.4, 0.5) is 10.5 Å². The van der Waals surface area contributed by atoms with Gasteiger partial charge in [0.2, 0.25) is 0 Å². The molecule has 0 saturated heterocycles. The first kappa shape index (κ1) is 18.3. The topological polar surface area (TPSA) is 89.8 Å². The molecule has 0 aliphatic rings. The van der Waals surface area contributed by atoms with Crippen LogP contribution in [0.25, 0.3) is 11.0 Å². The number of carbonyl (C=O) groups excluding carboxylic acids is 2. The maximum Gasteiger partial charge on any atom is 0.411 e. The number of fused-ring (bicyclic) bond motifs is 1. The second-order valence-corrected chi connectivity index (χ2v) is 5.89. The molecule has 0 radical (unpaired) electrons. The smallest absolute Gasteiger partial charge is 0.411 e. The molecule has 2 amide bonds. The Kier molecular flexibility index (Phi) is 5.30. The highest BCUT2D eigenvalue weighted by Crippen LogP contribution is 2.29. The summed E-state index contributed by atoms with van der Waals surface area (Å²) >= 11 is 0. The van der Waals surface area contributed by atoms with Crippen LogP contribution in [0, 0.1) is 6.92 Å². The van der Waals surface area contributed by atoms with Gasteiger partial charge in [0, 0.05) is 17.6 Å². The van der Waals surface area contributed by atoms with Crippen molar-refractivity contribution in [1.82, 2.24) is 5.32 Å². The van der Waals surface area contributed by atoms with Crippen LogP contribution >= 0.6 is 0 Å². The van der Waals surface area contributed by atoms with Crippen molar-refractivity contribution < 1.29 is 23.5 Å². The first-order valence-corrected chi connectivity index (χ1v) is 8.31. The summed E-state index contributed by atoms with van der Waals surface area (Å²) in [7, 11) is 2.88. The molecule has 7 heteroatoms. The SMILES string of the molecule is COC(=O)Nc1ccc(CNC(=O)c2c(C)oc3ccc(OC)cc23)cc1. The second kappa shape index (κ2) is 7.82. The number of carbonyl (C=O) groups is 2. The van der Waals surface area contributed by atoms with Gasteiger partial charge in [-0.2, -0.15) is 0 Å². The van der Waals surface area contributed by atoms with Crippen molar-refractivity contribution in [3.05, 3.63) is 59.4 Å². The number of nitrogens with one attached hydrogen (secondary N) is 2. The normalized spacial score (nSPS) is 10.5. The molecule has 140 valence electrons. The first-order chi connectivity index (χ1) is 13.0. The van der Waals surface area contributed by atoms with Crippen LogP contribution in [-0.4, -0.2) is 26.2 Å². The maximum absolute atomic E-state index is 12.7. The van der Waals surface area contributed by atoms with E-state index in [2.05, 4.69) is 15.4 Å². The van der Waals surface area contributed by atoms with Crippen molar-refractivity contribution in [2.24, 2.45) is 0 Å². The molecule has 0 spiro atoms. The zero-order chi connectivity index (χ0) is 19.4. The zero-order valence-electron chi connectivity index (χ0n) is 15.3. The second-order valence-electron chi connectivity index (χ2n) is 5.89. The summed E-state index contributed by atoms with van der Waals surface area (Å²) in [6, 6.07) is 12.5. The molecule has 1 heterocycles. The van der Waals surface area contributed by atoms with E-state index in [9.17, 15) is 9.59 Å². The van der Waals surface area contributed by atoms with E-state index < -0.39 is 6.09 Å². The van der Waals surface area contributed by atoms with Gasteiger partial charge in [-0.1, -0.05) is 12.1 Å². The summed E-state index contributed by atoms with van der Waals surface area (Å²) in [5, 5.41) is 6.17. The van der Waals surface area contributed by atoms with Gasteiger partial charge in [0.05, 0.1) is 19.8 Å². The van der Waals surface area contributed by atoms with Crippen molar-refractivity contribution in [3.8, 4) is 5.75 Å². The predicted octanol–water partition coefficient (Wildman–Crippen LogP) is 3.86. The van der Waals surface area contributed by atoms with Crippen LogP contribution in [-0.2, 0) is 11.3 Å². The van der Waals surface area contributed by atoms with E-state index in [1.807, 2.05) is 12.1 Å². The average Bonchev–Trinajstić information content (AvgIpc) is 3.01. The van der Waals surface area contributed by atoms with Gasteiger partial charge in [0.25, 0.3) is 5.91 Å². The van der Waals surface area contributed by atoms with Crippen LogP contribution in [0.15, 0.2) is 46.9 Å². The third-order valence-corrected chi connectivity index (χ3v) is 4.14. The number of hydrogen-bond donors (Lipinski definition) is 2. The van der Waals surface area contributed by atoms with Crippen molar-refractivity contribution >= 4 is 28.7 Å². The lowest BCUT2D eigenvalue weighted by Crippen LogP contribution is -2.23. The Balaban J connectivity index is 1.72. The molecule has 3 aromatic rings. The van der Waals surface area contributed by atoms with Gasteiger partial charge in [-0.15, -0.1) is 0 Å². The molecule has 1 aromatic heterocycles. The first-order valence-electron chi connectivity index (χ1n) is 8.31. The molecule has 0 bridgehead atoms. The molecule has 0 aliphatic heterocycles. The number of aryl methyl sites for hydroxylation is 1. The van der Waals surface area contributed by atoms with Gasteiger partial charge in [-0.25, -0.2) is 4.79 Å². The van der Waals surface area contributed by atoms with Gasteiger partial charge in [0.1, 0.15) is 17.1 Å². The highest BCUT2D eigenvalue weighted by Gasteiger charge is 2.18. The van der Waals surface area contributed by atoms with Gasteiger partial charge < -0.3 is 19.2 Å². The van der Waals surface area contributed by atoms with Crippen molar-refractivity contribution in [2.45, 2.75) is 13.5 Å². The fraction of sp³-hybridized carbons (Fsp3) is 0.200. The Morgan fingerprint density at radius 1 is 1.07 bits per heavy atom. The molecule has 3 rings (SSSR count). The number of anilines is 1. The number of benzene rings is 2. The summed E-state index contributed by atoms with van der Waals surface area (Å²) in [6.07, 6.45) is -0.534. The quantitative estimate of drug-likeness (QED) is 0.714. The number of amides is 2. The molecule has 2 aromatic carbocycles. The minimum atomic E-state index is -0.534. The van der Waals surface area contributed by atoms with E-state index in [1.54, 1.807) is 44.4 Å². The zero-order valence-corrected chi connectivity index (χ0v) is 15.3. The Labute approximate surface area is 156 Å². The number of furan rings is 1. The highest BCUT2D eigenvalue weighted by molar-refractivity contribution is 6.07. The summed E-state index contributed by atoms with van der Waals surface area (Å²) in [5.74, 6) is 0.982. The van der Waals surface area contributed by atoms with Crippen molar-refractivity contribution in [1.29, 1.82) is 0 Å². The summed E-state index contributed by atoms with van der Waals surface area (Å²) in [5.41, 5.74) is 2.63. The monoisotopic (exact) mass is 368 g/mol. The van der Waals surface area contributed by atoms with Crippen LogP contribution < -0.4 is 15.4 Å². The fourth-order valence-corrected chi connectivity index (χ4v) is 2.75. The lowest BCUT2D eigenvalue weighted by atomic mass is 10.1. The average molecular weight is 368 g/mol. The molecule has 0 saturated carbocycles. The lowest BCUT2D eigenvalue weighted by molar-refractivity contribution is 0.0951. The molecule has 0 fully saturated rings. The number of hydrogen-bond acceptors (Lipinski definition) is 5. The van der Waals surface area contributed by atoms with Crippen molar-refractivity contribution in [3.63, 3.8) is 0 Å². The number of rotatable bonds is 5. The third-order valence-electron chi connectivity index (χ3n) is 4.14. The van der Waals surface area contributed by atoms with Crippen LogP contribution in [0.5, 0.6) is 5.75 Å². The number of ether oxygens (including phenoxy) is 2. The van der Waals surface area contributed by atoms with Crippen LogP contribution in [0.1, 0.15) is 21.7 Å². The minimum absolute atomic E-state index is 0.226. The van der Waals surface area contributed by atoms with Crippen LogP contribution in [0.2, 0.25) is 0 Å². The predicted molar refractivity (Wildman–Crippen MR) is 101 cm³/mol. The Hall–Kier alpha value is -3.48. The lowest BCUT2D eigenvalue weighted by Gasteiger charge is -2.07. The van der Waals surface area contributed by atoms with Crippen LogP contribution in [0.3, 0.4) is 0 Å². The summed E-state index contributed by atoms with van der Waals surface area (Å²) in [4.78, 5) is 23.9. The fourth-order valence-electron chi connectivity index (χ4n) is 2.75. The van der Waals surface area contributed by atoms with Gasteiger partial charge >= 0.3 is 6.09 Å². The van der Waals surface area contributed by atoms with E-state index in [1.165, 1.54) is 7.11 Å². The third kappa shape index (κ3) is 4.03. The summed E-state index contributed by atoms with van der Waals surface area (Å²) in [6.45, 7) is 2.10. The molecule has 0 aliphatic carbocycles. The molecule has 0 atom stereocenters. The van der Waals surface area contributed by atoms with E-state index in [0.29, 0.717) is 40.3 Å². The molecule has 27 heavy (non-hydrogen) atoms. The van der Waals surface area contributed by atoms with E-state index in [4.69, 9.17) is 9.15 Å².